The van der Waals surface area contributed by atoms with E-state index >= 15 is 0 Å². The van der Waals surface area contributed by atoms with Crippen molar-refractivity contribution in [1.82, 2.24) is 5.32 Å². The Morgan fingerprint density at radius 1 is 1.38 bits per heavy atom. The molecule has 0 saturated heterocycles. The van der Waals surface area contributed by atoms with Crippen LogP contribution in [0.15, 0.2) is 24.3 Å². The molecule has 1 amide bonds. The summed E-state index contributed by atoms with van der Waals surface area (Å²) in [5.74, 6) is 0. The summed E-state index contributed by atoms with van der Waals surface area (Å²) in [6.45, 7) is 2.50. The first-order chi connectivity index (χ1) is 7.47. The number of nitrogen functional groups attached to an aromatic ring is 1. The molecule has 5 heteroatoms. The maximum atomic E-state index is 9.80. The molecule has 0 saturated carbocycles. The fraction of sp³-hybridized carbons (Fsp3) is 0.364. The first kappa shape index (κ1) is 14.6. The molecular weight excluding hydrogens is 222 g/mol. The van der Waals surface area contributed by atoms with Crippen molar-refractivity contribution in [1.29, 1.82) is 0 Å². The number of carbonyl (C=O) groups is 1. The fourth-order valence-corrected chi connectivity index (χ4v) is 1.08. The van der Waals surface area contributed by atoms with Crippen molar-refractivity contribution in [3.8, 4) is 0 Å². The van der Waals surface area contributed by atoms with Gasteiger partial charge in [-0.3, -0.25) is 4.79 Å². The van der Waals surface area contributed by atoms with Crippen LogP contribution in [0.1, 0.15) is 6.92 Å². The van der Waals surface area contributed by atoms with Crippen LogP contribution >= 0.6 is 12.6 Å². The van der Waals surface area contributed by atoms with E-state index in [0.717, 1.165) is 5.69 Å². The van der Waals surface area contributed by atoms with Gasteiger partial charge in [-0.05, 0) is 31.2 Å². The zero-order chi connectivity index (χ0) is 12.6. The summed E-state index contributed by atoms with van der Waals surface area (Å²) >= 11 is 3.43. The summed E-state index contributed by atoms with van der Waals surface area (Å²) in [5.41, 5.74) is 7.49. The number of nitrogens with one attached hydrogen (secondary N) is 1. The highest BCUT2D eigenvalue weighted by atomic mass is 32.1. The molecule has 16 heavy (non-hydrogen) atoms. The molecule has 4 nitrogen and oxygen atoms in total. The fourth-order valence-electron chi connectivity index (χ4n) is 0.924. The van der Waals surface area contributed by atoms with Crippen molar-refractivity contribution in [2.45, 2.75) is 6.92 Å². The lowest BCUT2D eigenvalue weighted by Crippen LogP contribution is -2.14. The van der Waals surface area contributed by atoms with E-state index in [4.69, 9.17) is 5.73 Å². The minimum absolute atomic E-state index is 0.266. The van der Waals surface area contributed by atoms with Crippen LogP contribution in [0.2, 0.25) is 0 Å². The Bertz CT molecular complexity index is 312. The van der Waals surface area contributed by atoms with Crippen LogP contribution in [0.5, 0.6) is 0 Å². The topological polar surface area (TPSA) is 58.4 Å². The molecule has 1 rings (SSSR count). The number of carbonyl (C=O) groups excluding carboxylic acids is 1. The Balaban J connectivity index is 0.000000325. The van der Waals surface area contributed by atoms with Crippen molar-refractivity contribution in [3.63, 3.8) is 0 Å². The van der Waals surface area contributed by atoms with Gasteiger partial charge in [-0.25, -0.2) is 0 Å². The number of thiol groups is 1. The van der Waals surface area contributed by atoms with E-state index in [-0.39, 0.29) is 5.24 Å². The second-order valence-corrected chi connectivity index (χ2v) is 3.73. The van der Waals surface area contributed by atoms with Gasteiger partial charge in [0.25, 0.3) is 5.24 Å². The molecular formula is C11H19N3OS. The highest BCUT2D eigenvalue weighted by Gasteiger charge is 1.91. The number of rotatable bonds is 2. The van der Waals surface area contributed by atoms with Gasteiger partial charge in [0.2, 0.25) is 0 Å². The minimum atomic E-state index is -0.266. The van der Waals surface area contributed by atoms with Crippen LogP contribution in [-0.2, 0) is 0 Å². The molecule has 0 aliphatic heterocycles. The molecule has 3 N–H and O–H groups in total. The molecule has 0 spiro atoms. The van der Waals surface area contributed by atoms with Crippen LogP contribution in [0.25, 0.3) is 0 Å². The molecule has 0 aliphatic rings. The Morgan fingerprint density at radius 3 is 2.12 bits per heavy atom. The standard InChI is InChI=1S/C8H12N2.C3H7NOS/c1-10(2)8-5-3-7(9)4-6-8;1-2-4-3(5)6/h3-6H,9H2,1-2H3;2H2,1H3,(H2,4,5,6). The number of nitrogens with two attached hydrogens (primary N) is 1. The number of nitrogens with zero attached hydrogens (tertiary/aromatic N) is 1. The molecule has 0 fully saturated rings. The normalized spacial score (nSPS) is 8.75. The van der Waals surface area contributed by atoms with E-state index in [9.17, 15) is 4.79 Å². The Morgan fingerprint density at radius 2 is 1.88 bits per heavy atom. The third-order valence-corrected chi connectivity index (χ3v) is 1.90. The molecule has 1 aromatic rings. The Hall–Kier alpha value is -1.36. The summed E-state index contributed by atoms with van der Waals surface area (Å²) in [6, 6.07) is 7.79. The van der Waals surface area contributed by atoms with Crippen LogP contribution < -0.4 is 16.0 Å². The lowest BCUT2D eigenvalue weighted by Gasteiger charge is -2.11. The molecule has 90 valence electrons. The average molecular weight is 241 g/mol. The van der Waals surface area contributed by atoms with Gasteiger partial charge >= 0.3 is 0 Å². The second kappa shape index (κ2) is 7.87. The predicted octanol–water partition coefficient (Wildman–Crippen LogP) is 1.98. The monoisotopic (exact) mass is 241 g/mol. The maximum absolute atomic E-state index is 9.80. The SMILES string of the molecule is CCNC(=O)S.CN(C)c1ccc(N)cc1. The Labute approximate surface area is 102 Å². The van der Waals surface area contributed by atoms with Gasteiger partial charge in [-0.15, -0.1) is 0 Å². The number of benzene rings is 1. The van der Waals surface area contributed by atoms with Crippen molar-refractivity contribution in [2.24, 2.45) is 0 Å². The summed E-state index contributed by atoms with van der Waals surface area (Å²) in [6.07, 6.45) is 0. The summed E-state index contributed by atoms with van der Waals surface area (Å²) in [5, 5.41) is 2.17. The zero-order valence-corrected chi connectivity index (χ0v) is 10.8. The highest BCUT2D eigenvalue weighted by molar-refractivity contribution is 7.96. The average Bonchev–Trinajstić information content (AvgIpc) is 2.19. The quantitative estimate of drug-likeness (QED) is 0.548. The molecule has 0 atom stereocenters. The molecule has 0 aromatic heterocycles. The zero-order valence-electron chi connectivity index (χ0n) is 9.90. The Kier molecular flexibility index (Phi) is 7.20. The summed E-state index contributed by atoms with van der Waals surface area (Å²) in [7, 11) is 4.01. The van der Waals surface area contributed by atoms with Gasteiger partial charge in [0.1, 0.15) is 0 Å². The van der Waals surface area contributed by atoms with E-state index in [1.54, 1.807) is 0 Å². The van der Waals surface area contributed by atoms with E-state index in [1.165, 1.54) is 5.69 Å². The van der Waals surface area contributed by atoms with Crippen molar-refractivity contribution < 1.29 is 4.79 Å². The van der Waals surface area contributed by atoms with Crippen molar-refractivity contribution in [2.75, 3.05) is 31.3 Å². The van der Waals surface area contributed by atoms with Gasteiger partial charge < -0.3 is 16.0 Å². The highest BCUT2D eigenvalue weighted by Crippen LogP contribution is 2.12. The lowest BCUT2D eigenvalue weighted by molar-refractivity contribution is 0.261. The minimum Gasteiger partial charge on any atom is -0.399 e. The third-order valence-electron chi connectivity index (χ3n) is 1.74. The smallest absolute Gasteiger partial charge is 0.275 e. The van der Waals surface area contributed by atoms with Gasteiger partial charge in [0.05, 0.1) is 0 Å². The van der Waals surface area contributed by atoms with Gasteiger partial charge in [-0.2, -0.15) is 0 Å². The number of hydrogen-bond acceptors (Lipinski definition) is 3. The number of amides is 1. The number of hydrogen-bond donors (Lipinski definition) is 3. The number of anilines is 2. The van der Waals surface area contributed by atoms with Gasteiger partial charge in [-0.1, -0.05) is 12.6 Å². The maximum Gasteiger partial charge on any atom is 0.275 e. The lowest BCUT2D eigenvalue weighted by atomic mass is 10.3. The first-order valence-electron chi connectivity index (χ1n) is 4.97. The second-order valence-electron chi connectivity index (χ2n) is 3.32. The van der Waals surface area contributed by atoms with Crippen LogP contribution in [0.3, 0.4) is 0 Å². The summed E-state index contributed by atoms with van der Waals surface area (Å²) < 4.78 is 0. The molecule has 0 heterocycles. The van der Waals surface area contributed by atoms with Crippen molar-refractivity contribution in [3.05, 3.63) is 24.3 Å². The van der Waals surface area contributed by atoms with Crippen LogP contribution in [0.4, 0.5) is 16.2 Å². The van der Waals surface area contributed by atoms with E-state index < -0.39 is 0 Å². The van der Waals surface area contributed by atoms with E-state index in [1.807, 2.05) is 50.2 Å². The predicted molar refractivity (Wildman–Crippen MR) is 73.2 cm³/mol. The van der Waals surface area contributed by atoms with Crippen molar-refractivity contribution >= 4 is 29.2 Å². The first-order valence-corrected chi connectivity index (χ1v) is 5.41. The van der Waals surface area contributed by atoms with Crippen LogP contribution in [0, 0.1) is 0 Å². The van der Waals surface area contributed by atoms with Gasteiger partial charge in [0, 0.05) is 32.0 Å². The molecule has 0 unspecified atom stereocenters. The molecule has 0 bridgehead atoms. The third kappa shape index (κ3) is 7.00. The largest absolute Gasteiger partial charge is 0.399 e. The van der Waals surface area contributed by atoms with Gasteiger partial charge in [0.15, 0.2) is 0 Å². The molecule has 0 radical (unpaired) electrons. The summed E-state index contributed by atoms with van der Waals surface area (Å²) in [4.78, 5) is 11.8. The van der Waals surface area contributed by atoms with E-state index in [2.05, 4.69) is 17.9 Å². The van der Waals surface area contributed by atoms with E-state index in [0.29, 0.717) is 6.54 Å². The molecule has 1 aromatic carbocycles. The molecule has 0 aliphatic carbocycles. The van der Waals surface area contributed by atoms with Crippen LogP contribution in [-0.4, -0.2) is 25.9 Å².